The molecule has 0 radical (unpaired) electrons. The van der Waals surface area contributed by atoms with E-state index in [0.29, 0.717) is 11.7 Å². The van der Waals surface area contributed by atoms with Crippen molar-refractivity contribution < 1.29 is 4.79 Å². The van der Waals surface area contributed by atoms with Crippen molar-refractivity contribution in [2.45, 2.75) is 58.3 Å². The van der Waals surface area contributed by atoms with Gasteiger partial charge in [0.15, 0.2) is 0 Å². The first-order valence-electron chi connectivity index (χ1n) is 7.61. The van der Waals surface area contributed by atoms with Crippen molar-refractivity contribution in [3.05, 3.63) is 35.4 Å². The zero-order chi connectivity index (χ0) is 13.8. The third-order valence-electron chi connectivity index (χ3n) is 5.84. The topological polar surface area (TPSA) is 17.1 Å². The predicted molar refractivity (Wildman–Crippen MR) is 78.3 cm³/mol. The van der Waals surface area contributed by atoms with Crippen LogP contribution in [-0.4, -0.2) is 5.78 Å². The summed E-state index contributed by atoms with van der Waals surface area (Å²) < 4.78 is 0. The van der Waals surface area contributed by atoms with Gasteiger partial charge in [0.1, 0.15) is 5.78 Å². The van der Waals surface area contributed by atoms with Gasteiger partial charge in [-0.25, -0.2) is 0 Å². The van der Waals surface area contributed by atoms with Crippen LogP contribution in [0, 0.1) is 11.3 Å². The maximum atomic E-state index is 12.7. The second-order valence-corrected chi connectivity index (χ2v) is 6.99. The monoisotopic (exact) mass is 256 g/mol. The second kappa shape index (κ2) is 3.94. The van der Waals surface area contributed by atoms with E-state index in [0.717, 1.165) is 19.3 Å². The number of ketones is 1. The second-order valence-electron chi connectivity index (χ2n) is 6.99. The predicted octanol–water partition coefficient (Wildman–Crippen LogP) is 4.46. The number of hydrogen-bond acceptors (Lipinski definition) is 1. The molecule has 19 heavy (non-hydrogen) atoms. The molecule has 0 saturated heterocycles. The number of fused-ring (bicyclic) bond motifs is 3. The number of carbonyl (C=O) groups excluding carboxylic acids is 1. The van der Waals surface area contributed by atoms with Crippen LogP contribution in [0.5, 0.6) is 0 Å². The van der Waals surface area contributed by atoms with Crippen molar-refractivity contribution in [2.24, 2.45) is 11.3 Å². The van der Waals surface area contributed by atoms with Crippen molar-refractivity contribution in [1.82, 2.24) is 0 Å². The van der Waals surface area contributed by atoms with Crippen molar-refractivity contribution >= 4 is 5.78 Å². The van der Waals surface area contributed by atoms with Gasteiger partial charge in [0.05, 0.1) is 0 Å². The number of benzene rings is 1. The maximum absolute atomic E-state index is 12.7. The Balaban J connectivity index is 2.16. The van der Waals surface area contributed by atoms with E-state index in [9.17, 15) is 4.79 Å². The van der Waals surface area contributed by atoms with Crippen LogP contribution in [0.3, 0.4) is 0 Å². The highest BCUT2D eigenvalue weighted by Crippen LogP contribution is 2.64. The fourth-order valence-electron chi connectivity index (χ4n) is 4.77. The molecule has 1 heteroatoms. The zero-order valence-electron chi connectivity index (χ0n) is 12.5. The molecule has 0 N–H and O–H groups in total. The Kier molecular flexibility index (Phi) is 2.68. The smallest absolute Gasteiger partial charge is 0.143 e. The highest BCUT2D eigenvalue weighted by atomic mass is 16.1. The van der Waals surface area contributed by atoms with Gasteiger partial charge < -0.3 is 0 Å². The fraction of sp³-hybridized carbons (Fsp3) is 0.611. The van der Waals surface area contributed by atoms with Crippen molar-refractivity contribution in [1.29, 1.82) is 0 Å². The Bertz CT molecular complexity index is 522. The van der Waals surface area contributed by atoms with E-state index in [1.807, 2.05) is 0 Å². The standard InChI is InChI=1S/C18H24O/c1-5-18(6-2)15-12-9-7-8-10-14(12)17(3,4)11-13(15)16(18)19/h7-10,13,15H,5-6,11H2,1-4H3. The summed E-state index contributed by atoms with van der Waals surface area (Å²) in [7, 11) is 0. The SMILES string of the molecule is CCC1(CC)C(=O)C2CC(C)(C)c3ccccc3C21. The number of carbonyl (C=O) groups is 1. The summed E-state index contributed by atoms with van der Waals surface area (Å²) in [4.78, 5) is 12.7. The molecule has 0 amide bonds. The summed E-state index contributed by atoms with van der Waals surface area (Å²) in [5, 5.41) is 0. The fourth-order valence-corrected chi connectivity index (χ4v) is 4.77. The lowest BCUT2D eigenvalue weighted by molar-refractivity contribution is -0.154. The van der Waals surface area contributed by atoms with Crippen LogP contribution in [0.15, 0.2) is 24.3 Å². The quantitative estimate of drug-likeness (QED) is 0.763. The Morgan fingerprint density at radius 2 is 1.79 bits per heavy atom. The van der Waals surface area contributed by atoms with Crippen LogP contribution in [0.4, 0.5) is 0 Å². The average molecular weight is 256 g/mol. The minimum Gasteiger partial charge on any atom is -0.299 e. The van der Waals surface area contributed by atoms with Crippen LogP contribution in [0.1, 0.15) is 64.0 Å². The molecule has 2 aliphatic rings. The van der Waals surface area contributed by atoms with Crippen molar-refractivity contribution in [3.63, 3.8) is 0 Å². The lowest BCUT2D eigenvalue weighted by atomic mass is 9.43. The Morgan fingerprint density at radius 1 is 1.16 bits per heavy atom. The minimum absolute atomic E-state index is 0.0722. The molecule has 1 aromatic carbocycles. The molecule has 2 aliphatic carbocycles. The van der Waals surface area contributed by atoms with Gasteiger partial charge in [0.2, 0.25) is 0 Å². The van der Waals surface area contributed by atoms with E-state index in [4.69, 9.17) is 0 Å². The molecule has 2 atom stereocenters. The van der Waals surface area contributed by atoms with Crippen LogP contribution >= 0.6 is 0 Å². The number of rotatable bonds is 2. The summed E-state index contributed by atoms with van der Waals surface area (Å²) in [5.74, 6) is 1.27. The van der Waals surface area contributed by atoms with E-state index < -0.39 is 0 Å². The van der Waals surface area contributed by atoms with E-state index in [2.05, 4.69) is 52.0 Å². The highest BCUT2D eigenvalue weighted by molar-refractivity contribution is 5.96. The van der Waals surface area contributed by atoms with Gasteiger partial charge >= 0.3 is 0 Å². The summed E-state index contributed by atoms with van der Waals surface area (Å²) >= 11 is 0. The molecule has 0 bridgehead atoms. The van der Waals surface area contributed by atoms with E-state index >= 15 is 0 Å². The van der Waals surface area contributed by atoms with Gasteiger partial charge in [-0.1, -0.05) is 52.0 Å². The number of hydrogen-bond donors (Lipinski definition) is 0. The molecule has 0 aliphatic heterocycles. The Morgan fingerprint density at radius 3 is 2.42 bits per heavy atom. The van der Waals surface area contributed by atoms with E-state index in [-0.39, 0.29) is 16.7 Å². The zero-order valence-corrected chi connectivity index (χ0v) is 12.5. The van der Waals surface area contributed by atoms with E-state index in [1.165, 1.54) is 11.1 Å². The van der Waals surface area contributed by atoms with Crippen molar-refractivity contribution in [3.8, 4) is 0 Å². The average Bonchev–Trinajstić information content (AvgIpc) is 2.41. The summed E-state index contributed by atoms with van der Waals surface area (Å²) in [6.07, 6.45) is 2.99. The molecule has 0 heterocycles. The molecule has 1 saturated carbocycles. The first-order chi connectivity index (χ1) is 8.98. The first-order valence-corrected chi connectivity index (χ1v) is 7.61. The van der Waals surface area contributed by atoms with Gasteiger partial charge in [-0.05, 0) is 35.8 Å². The molecule has 0 aromatic heterocycles. The van der Waals surface area contributed by atoms with Gasteiger partial charge in [-0.2, -0.15) is 0 Å². The summed E-state index contributed by atoms with van der Waals surface area (Å²) in [6, 6.07) is 8.81. The van der Waals surface area contributed by atoms with Crippen LogP contribution in [-0.2, 0) is 10.2 Å². The van der Waals surface area contributed by atoms with Crippen LogP contribution < -0.4 is 0 Å². The lowest BCUT2D eigenvalue weighted by Gasteiger charge is -2.59. The summed E-state index contributed by atoms with van der Waals surface area (Å²) in [5.41, 5.74) is 2.99. The Hall–Kier alpha value is -1.11. The lowest BCUT2D eigenvalue weighted by Crippen LogP contribution is -2.59. The molecule has 1 nitrogen and oxygen atoms in total. The van der Waals surface area contributed by atoms with Crippen molar-refractivity contribution in [2.75, 3.05) is 0 Å². The molecular formula is C18H24O. The van der Waals surface area contributed by atoms with E-state index in [1.54, 1.807) is 0 Å². The molecule has 2 unspecified atom stereocenters. The maximum Gasteiger partial charge on any atom is 0.143 e. The summed E-state index contributed by atoms with van der Waals surface area (Å²) in [6.45, 7) is 8.93. The molecular weight excluding hydrogens is 232 g/mol. The third-order valence-corrected chi connectivity index (χ3v) is 5.84. The van der Waals surface area contributed by atoms with Gasteiger partial charge in [-0.3, -0.25) is 4.79 Å². The van der Waals surface area contributed by atoms with Crippen LogP contribution in [0.2, 0.25) is 0 Å². The molecule has 3 rings (SSSR count). The largest absolute Gasteiger partial charge is 0.299 e. The minimum atomic E-state index is -0.0722. The molecule has 0 spiro atoms. The van der Waals surface area contributed by atoms with Gasteiger partial charge in [0, 0.05) is 17.3 Å². The third kappa shape index (κ3) is 1.45. The van der Waals surface area contributed by atoms with Gasteiger partial charge in [-0.15, -0.1) is 0 Å². The first kappa shape index (κ1) is 12.9. The number of Topliss-reactive ketones (excluding diaryl/α,β-unsaturated/α-hetero) is 1. The van der Waals surface area contributed by atoms with Gasteiger partial charge in [0.25, 0.3) is 0 Å². The normalized spacial score (nSPS) is 30.2. The Labute approximate surface area is 116 Å². The molecule has 1 aromatic rings. The molecule has 1 fully saturated rings. The van der Waals surface area contributed by atoms with Crippen LogP contribution in [0.25, 0.3) is 0 Å². The molecule has 102 valence electrons. The highest BCUT2D eigenvalue weighted by Gasteiger charge is 2.63.